The maximum absolute atomic E-state index is 11.8. The molecule has 0 saturated carbocycles. The first-order valence-corrected chi connectivity index (χ1v) is 7.43. The summed E-state index contributed by atoms with van der Waals surface area (Å²) in [5.74, 6) is 0. The molecule has 0 spiro atoms. The number of aryl methyl sites for hydroxylation is 1. The van der Waals surface area contributed by atoms with Crippen molar-refractivity contribution in [1.29, 1.82) is 0 Å². The van der Waals surface area contributed by atoms with E-state index in [1.54, 1.807) is 6.92 Å². The fourth-order valence-corrected chi connectivity index (χ4v) is 1.96. The molecule has 0 bridgehead atoms. The summed E-state index contributed by atoms with van der Waals surface area (Å²) in [5, 5.41) is 12.0. The number of rotatable bonds is 4. The maximum Gasteiger partial charge on any atom is 0.412 e. The van der Waals surface area contributed by atoms with Gasteiger partial charge in [0.25, 0.3) is 0 Å². The summed E-state index contributed by atoms with van der Waals surface area (Å²) >= 11 is 3.40. The predicted octanol–water partition coefficient (Wildman–Crippen LogP) is 4.11. The molecule has 1 aromatic rings. The average Bonchev–Trinajstić information content (AvgIpc) is 2.27. The molecule has 112 valence electrons. The molecule has 0 aliphatic rings. The fourth-order valence-electron chi connectivity index (χ4n) is 1.61. The minimum Gasteiger partial charge on any atom is -0.444 e. The first-order chi connectivity index (χ1) is 9.17. The molecular formula is C15H22BrNO3. The van der Waals surface area contributed by atoms with E-state index in [9.17, 15) is 9.90 Å². The number of halogens is 1. The van der Waals surface area contributed by atoms with Gasteiger partial charge >= 0.3 is 6.09 Å². The summed E-state index contributed by atoms with van der Waals surface area (Å²) in [6.07, 6.45) is 0.633. The number of nitrogens with one attached hydrogen (secondary N) is 1. The standard InChI is InChI=1S/C15H22BrNO3/c1-10(18)5-6-11-7-8-12(16)13(9-11)17-14(19)20-15(2,3)4/h7-10,18H,5-6H2,1-4H3,(H,17,19). The van der Waals surface area contributed by atoms with Crippen molar-refractivity contribution in [3.05, 3.63) is 28.2 Å². The number of amides is 1. The van der Waals surface area contributed by atoms with E-state index in [-0.39, 0.29) is 6.10 Å². The van der Waals surface area contributed by atoms with Crippen LogP contribution in [0.25, 0.3) is 0 Å². The highest BCUT2D eigenvalue weighted by Crippen LogP contribution is 2.25. The first-order valence-electron chi connectivity index (χ1n) is 6.64. The molecule has 5 heteroatoms. The van der Waals surface area contributed by atoms with E-state index >= 15 is 0 Å². The van der Waals surface area contributed by atoms with Crippen LogP contribution in [-0.4, -0.2) is 22.9 Å². The highest BCUT2D eigenvalue weighted by molar-refractivity contribution is 9.10. The van der Waals surface area contributed by atoms with Gasteiger partial charge in [0.1, 0.15) is 5.60 Å². The zero-order valence-corrected chi connectivity index (χ0v) is 14.0. The minimum absolute atomic E-state index is 0.332. The van der Waals surface area contributed by atoms with Crippen molar-refractivity contribution in [2.24, 2.45) is 0 Å². The Hall–Kier alpha value is -1.07. The SMILES string of the molecule is CC(O)CCc1ccc(Br)c(NC(=O)OC(C)(C)C)c1. The van der Waals surface area contributed by atoms with Crippen LogP contribution < -0.4 is 5.32 Å². The summed E-state index contributed by atoms with van der Waals surface area (Å²) < 4.78 is 6.02. The van der Waals surface area contributed by atoms with Gasteiger partial charge in [-0.2, -0.15) is 0 Å². The van der Waals surface area contributed by atoms with Crippen LogP contribution in [0.3, 0.4) is 0 Å². The number of carbonyl (C=O) groups is 1. The lowest BCUT2D eigenvalue weighted by atomic mass is 10.1. The molecule has 1 atom stereocenters. The van der Waals surface area contributed by atoms with E-state index in [2.05, 4.69) is 21.2 Å². The van der Waals surface area contributed by atoms with Gasteiger partial charge in [0, 0.05) is 4.47 Å². The lowest BCUT2D eigenvalue weighted by Gasteiger charge is -2.20. The number of aliphatic hydroxyl groups excluding tert-OH is 1. The van der Waals surface area contributed by atoms with Gasteiger partial charge in [-0.05, 0) is 74.2 Å². The van der Waals surface area contributed by atoms with Crippen molar-refractivity contribution in [3.8, 4) is 0 Å². The molecule has 0 aromatic heterocycles. The van der Waals surface area contributed by atoms with E-state index in [1.807, 2.05) is 39.0 Å². The first kappa shape index (κ1) is 17.0. The Morgan fingerprint density at radius 3 is 2.65 bits per heavy atom. The second-order valence-electron chi connectivity index (χ2n) is 5.83. The number of benzene rings is 1. The fraction of sp³-hybridized carbons (Fsp3) is 0.533. The summed E-state index contributed by atoms with van der Waals surface area (Å²) in [6, 6.07) is 5.73. The van der Waals surface area contributed by atoms with Gasteiger partial charge in [-0.1, -0.05) is 6.07 Å². The van der Waals surface area contributed by atoms with Crippen LogP contribution in [0.4, 0.5) is 10.5 Å². The molecule has 2 N–H and O–H groups in total. The third-order valence-electron chi connectivity index (χ3n) is 2.52. The van der Waals surface area contributed by atoms with Crippen molar-refractivity contribution in [1.82, 2.24) is 0 Å². The number of aliphatic hydroxyl groups is 1. The number of anilines is 1. The van der Waals surface area contributed by atoms with E-state index in [0.29, 0.717) is 12.1 Å². The third-order valence-corrected chi connectivity index (χ3v) is 3.21. The van der Waals surface area contributed by atoms with Gasteiger partial charge in [0.05, 0.1) is 11.8 Å². The lowest BCUT2D eigenvalue weighted by Crippen LogP contribution is -2.27. The van der Waals surface area contributed by atoms with Crippen LogP contribution >= 0.6 is 15.9 Å². The largest absolute Gasteiger partial charge is 0.444 e. The quantitative estimate of drug-likeness (QED) is 0.864. The molecule has 20 heavy (non-hydrogen) atoms. The zero-order valence-electron chi connectivity index (χ0n) is 12.4. The van der Waals surface area contributed by atoms with E-state index in [0.717, 1.165) is 16.5 Å². The number of hydrogen-bond acceptors (Lipinski definition) is 3. The summed E-state index contributed by atoms with van der Waals surface area (Å²) in [5.41, 5.74) is 1.20. The van der Waals surface area contributed by atoms with E-state index in [4.69, 9.17) is 4.74 Å². The Morgan fingerprint density at radius 2 is 2.10 bits per heavy atom. The molecule has 4 nitrogen and oxygen atoms in total. The molecule has 1 aromatic carbocycles. The average molecular weight is 344 g/mol. The van der Waals surface area contributed by atoms with Gasteiger partial charge in [-0.3, -0.25) is 5.32 Å². The molecule has 0 aliphatic carbocycles. The molecule has 1 rings (SSSR count). The Bertz CT molecular complexity index is 467. The Balaban J connectivity index is 2.73. The van der Waals surface area contributed by atoms with Gasteiger partial charge in [-0.15, -0.1) is 0 Å². The molecule has 1 unspecified atom stereocenters. The molecule has 1 amide bonds. The molecule has 0 aliphatic heterocycles. The normalized spacial score (nSPS) is 12.9. The van der Waals surface area contributed by atoms with Gasteiger partial charge in [0.15, 0.2) is 0 Å². The molecular weight excluding hydrogens is 322 g/mol. The molecule has 0 fully saturated rings. The topological polar surface area (TPSA) is 58.6 Å². The van der Waals surface area contributed by atoms with Gasteiger partial charge in [0.2, 0.25) is 0 Å². The van der Waals surface area contributed by atoms with Gasteiger partial charge < -0.3 is 9.84 Å². The van der Waals surface area contributed by atoms with Crippen molar-refractivity contribution in [3.63, 3.8) is 0 Å². The Morgan fingerprint density at radius 1 is 1.45 bits per heavy atom. The van der Waals surface area contributed by atoms with Crippen LogP contribution in [0.2, 0.25) is 0 Å². The van der Waals surface area contributed by atoms with Crippen LogP contribution in [-0.2, 0) is 11.2 Å². The second-order valence-corrected chi connectivity index (χ2v) is 6.68. The number of hydrogen-bond donors (Lipinski definition) is 2. The monoisotopic (exact) mass is 343 g/mol. The van der Waals surface area contributed by atoms with E-state index < -0.39 is 11.7 Å². The lowest BCUT2D eigenvalue weighted by molar-refractivity contribution is 0.0636. The van der Waals surface area contributed by atoms with Crippen molar-refractivity contribution in [2.75, 3.05) is 5.32 Å². The molecule has 0 radical (unpaired) electrons. The Kier molecular flexibility index (Phi) is 6.02. The summed E-state index contributed by atoms with van der Waals surface area (Å²) in [4.78, 5) is 11.8. The highest BCUT2D eigenvalue weighted by Gasteiger charge is 2.17. The third kappa shape index (κ3) is 6.39. The van der Waals surface area contributed by atoms with Crippen LogP contribution in [0.1, 0.15) is 39.7 Å². The summed E-state index contributed by atoms with van der Waals surface area (Å²) in [6.45, 7) is 7.22. The molecule has 0 saturated heterocycles. The van der Waals surface area contributed by atoms with Crippen LogP contribution in [0.5, 0.6) is 0 Å². The van der Waals surface area contributed by atoms with Crippen molar-refractivity contribution in [2.45, 2.75) is 52.2 Å². The van der Waals surface area contributed by atoms with Crippen LogP contribution in [0.15, 0.2) is 22.7 Å². The predicted molar refractivity (Wildman–Crippen MR) is 84.0 cm³/mol. The minimum atomic E-state index is -0.527. The second kappa shape index (κ2) is 7.09. The van der Waals surface area contributed by atoms with Crippen LogP contribution in [0, 0.1) is 0 Å². The van der Waals surface area contributed by atoms with Crippen molar-refractivity contribution >= 4 is 27.7 Å². The highest BCUT2D eigenvalue weighted by atomic mass is 79.9. The number of ether oxygens (including phenoxy) is 1. The smallest absolute Gasteiger partial charge is 0.412 e. The zero-order chi connectivity index (χ0) is 15.3. The maximum atomic E-state index is 11.8. The number of carbonyl (C=O) groups excluding carboxylic acids is 1. The molecule has 0 heterocycles. The van der Waals surface area contributed by atoms with E-state index in [1.165, 1.54) is 0 Å². The summed E-state index contributed by atoms with van der Waals surface area (Å²) in [7, 11) is 0. The van der Waals surface area contributed by atoms with Crippen molar-refractivity contribution < 1.29 is 14.6 Å². The van der Waals surface area contributed by atoms with Gasteiger partial charge in [-0.25, -0.2) is 4.79 Å². The Labute approximate surface area is 128 Å².